The number of halogens is 1. The van der Waals surface area contributed by atoms with Crippen molar-refractivity contribution in [3.05, 3.63) is 76.5 Å². The number of allylic oxidation sites excluding steroid dienone is 1. The van der Waals surface area contributed by atoms with Crippen LogP contribution in [0.25, 0.3) is 0 Å². The highest BCUT2D eigenvalue weighted by Crippen LogP contribution is 2.45. The predicted molar refractivity (Wildman–Crippen MR) is 115 cm³/mol. The Morgan fingerprint density at radius 1 is 1.16 bits per heavy atom. The van der Waals surface area contributed by atoms with Gasteiger partial charge in [-0.15, -0.1) is 0 Å². The lowest BCUT2D eigenvalue weighted by Gasteiger charge is -2.41. The maximum absolute atomic E-state index is 13.7. The fourth-order valence-corrected chi connectivity index (χ4v) is 4.18. The van der Waals surface area contributed by atoms with E-state index in [4.69, 9.17) is 5.26 Å². The lowest BCUT2D eigenvalue weighted by molar-refractivity contribution is -0.115. The van der Waals surface area contributed by atoms with Crippen molar-refractivity contribution < 1.29 is 18.8 Å². The molecule has 2 aromatic rings. The number of alkyl halides is 1. The van der Waals surface area contributed by atoms with Crippen LogP contribution in [0.2, 0.25) is 0 Å². The number of nitriles is 1. The largest absolute Gasteiger partial charge is 0.337 e. The van der Waals surface area contributed by atoms with E-state index in [-0.39, 0.29) is 12.2 Å². The Morgan fingerprint density at radius 3 is 2.50 bits per heavy atom. The molecule has 1 heterocycles. The van der Waals surface area contributed by atoms with E-state index in [1.165, 1.54) is 23.9 Å². The van der Waals surface area contributed by atoms with E-state index in [9.17, 15) is 18.8 Å². The van der Waals surface area contributed by atoms with Crippen molar-refractivity contribution in [2.24, 2.45) is 0 Å². The molecule has 162 valence electrons. The Bertz CT molecular complexity index is 1180. The van der Waals surface area contributed by atoms with Gasteiger partial charge < -0.3 is 4.90 Å². The number of Topliss-reactive ketones (excluding diaryl/α,β-unsaturated/α-hetero) is 1. The van der Waals surface area contributed by atoms with Crippen molar-refractivity contribution in [1.29, 1.82) is 5.26 Å². The molecule has 1 aliphatic heterocycles. The standard InChI is InChI=1S/C24H21FN4O3/c1-27(2)23(31)29-22(17-8-6-15(14-26)7-9-17)21-19(10-11-20(21)30)28(24(29)32)18-5-3-4-16(12-18)13-25/h3-9,12,22H,10-11,13H2,1-2H3. The summed E-state index contributed by atoms with van der Waals surface area (Å²) in [7, 11) is 3.06. The van der Waals surface area contributed by atoms with Crippen molar-refractivity contribution in [1.82, 2.24) is 9.80 Å². The molecular formula is C24H21FN4O3. The molecule has 2 aromatic carbocycles. The van der Waals surface area contributed by atoms with Gasteiger partial charge in [0.1, 0.15) is 6.67 Å². The molecule has 0 radical (unpaired) electrons. The highest BCUT2D eigenvalue weighted by atomic mass is 19.1. The molecule has 0 saturated heterocycles. The lowest BCUT2D eigenvalue weighted by atomic mass is 9.92. The third kappa shape index (κ3) is 3.42. The van der Waals surface area contributed by atoms with Crippen molar-refractivity contribution >= 4 is 23.5 Å². The molecule has 0 fully saturated rings. The third-order valence-corrected chi connectivity index (χ3v) is 5.67. The van der Waals surface area contributed by atoms with E-state index >= 15 is 0 Å². The smallest absolute Gasteiger partial charge is 0.330 e. The number of hydrogen-bond donors (Lipinski definition) is 0. The van der Waals surface area contributed by atoms with Gasteiger partial charge in [0.2, 0.25) is 0 Å². The number of amides is 4. The van der Waals surface area contributed by atoms with Crippen LogP contribution in [0.15, 0.2) is 59.8 Å². The van der Waals surface area contributed by atoms with E-state index in [0.717, 1.165) is 4.90 Å². The molecule has 4 rings (SSSR count). The Kier molecular flexibility index (Phi) is 5.49. The summed E-state index contributed by atoms with van der Waals surface area (Å²) in [5, 5.41) is 9.12. The van der Waals surface area contributed by atoms with Gasteiger partial charge in [0.05, 0.1) is 23.4 Å². The van der Waals surface area contributed by atoms with Gasteiger partial charge in [0.15, 0.2) is 5.78 Å². The van der Waals surface area contributed by atoms with Gasteiger partial charge in [-0.25, -0.2) is 18.9 Å². The minimum Gasteiger partial charge on any atom is -0.330 e. The van der Waals surface area contributed by atoms with Crippen LogP contribution in [0.5, 0.6) is 0 Å². The Balaban J connectivity index is 1.94. The average Bonchev–Trinajstić information content (AvgIpc) is 3.18. The minimum atomic E-state index is -0.907. The molecule has 0 bridgehead atoms. The summed E-state index contributed by atoms with van der Waals surface area (Å²) in [4.78, 5) is 43.6. The Morgan fingerprint density at radius 2 is 1.88 bits per heavy atom. The summed E-state index contributed by atoms with van der Waals surface area (Å²) in [6.07, 6.45) is 0.560. The summed E-state index contributed by atoms with van der Waals surface area (Å²) >= 11 is 0. The molecule has 0 aromatic heterocycles. The van der Waals surface area contributed by atoms with Gasteiger partial charge in [0.25, 0.3) is 0 Å². The SMILES string of the molecule is CN(C)C(=O)N1C(=O)N(c2cccc(CF)c2)C2=C(C(=O)CC2)C1c1ccc(C#N)cc1. The molecule has 1 atom stereocenters. The van der Waals surface area contributed by atoms with Crippen LogP contribution in [-0.4, -0.2) is 41.7 Å². The molecule has 8 heteroatoms. The van der Waals surface area contributed by atoms with E-state index in [1.54, 1.807) is 48.5 Å². The maximum Gasteiger partial charge on any atom is 0.337 e. The quantitative estimate of drug-likeness (QED) is 0.723. The van der Waals surface area contributed by atoms with Crippen LogP contribution in [0, 0.1) is 11.3 Å². The van der Waals surface area contributed by atoms with Crippen LogP contribution in [0.3, 0.4) is 0 Å². The summed E-state index contributed by atoms with van der Waals surface area (Å²) in [5.41, 5.74) is 2.68. The molecule has 4 amide bonds. The minimum absolute atomic E-state index is 0.148. The highest BCUT2D eigenvalue weighted by molar-refractivity contribution is 6.12. The fraction of sp³-hybridized carbons (Fsp3) is 0.250. The van der Waals surface area contributed by atoms with Crippen LogP contribution in [0.4, 0.5) is 19.7 Å². The van der Waals surface area contributed by atoms with E-state index in [1.807, 2.05) is 6.07 Å². The number of ketones is 1. The summed E-state index contributed by atoms with van der Waals surface area (Å²) in [6.45, 7) is -0.699. The summed E-state index contributed by atoms with van der Waals surface area (Å²) in [6, 6.07) is 12.9. The number of benzene rings is 2. The van der Waals surface area contributed by atoms with Gasteiger partial charge in [-0.2, -0.15) is 5.26 Å². The molecule has 1 unspecified atom stereocenters. The second kappa shape index (κ2) is 8.27. The molecule has 0 saturated carbocycles. The van der Waals surface area contributed by atoms with Crippen LogP contribution in [0.1, 0.15) is 35.6 Å². The first-order valence-electron chi connectivity index (χ1n) is 10.1. The number of rotatable bonds is 3. The highest BCUT2D eigenvalue weighted by Gasteiger charge is 2.48. The number of anilines is 1. The molecule has 1 aliphatic carbocycles. The van der Waals surface area contributed by atoms with Crippen molar-refractivity contribution in [3.8, 4) is 6.07 Å². The van der Waals surface area contributed by atoms with Crippen LogP contribution >= 0.6 is 0 Å². The molecular weight excluding hydrogens is 411 g/mol. The van der Waals surface area contributed by atoms with Crippen molar-refractivity contribution in [3.63, 3.8) is 0 Å². The monoisotopic (exact) mass is 432 g/mol. The van der Waals surface area contributed by atoms with E-state index in [2.05, 4.69) is 0 Å². The molecule has 7 nitrogen and oxygen atoms in total. The zero-order chi connectivity index (χ0) is 23.0. The van der Waals surface area contributed by atoms with E-state index < -0.39 is 24.8 Å². The van der Waals surface area contributed by atoms with Crippen LogP contribution in [-0.2, 0) is 11.5 Å². The Hall–Kier alpha value is -3.99. The number of carbonyl (C=O) groups is 3. The number of nitrogens with zero attached hydrogens (tertiary/aromatic N) is 4. The first-order chi connectivity index (χ1) is 15.4. The predicted octanol–water partition coefficient (Wildman–Crippen LogP) is 4.31. The second-order valence-corrected chi connectivity index (χ2v) is 7.89. The van der Waals surface area contributed by atoms with E-state index in [0.29, 0.717) is 40.1 Å². The third-order valence-electron chi connectivity index (χ3n) is 5.67. The first-order valence-corrected chi connectivity index (χ1v) is 10.1. The van der Waals surface area contributed by atoms with Gasteiger partial charge in [-0.3, -0.25) is 9.69 Å². The molecule has 32 heavy (non-hydrogen) atoms. The molecule has 2 aliphatic rings. The second-order valence-electron chi connectivity index (χ2n) is 7.89. The normalized spacial score (nSPS) is 18.0. The van der Waals surface area contributed by atoms with Gasteiger partial charge >= 0.3 is 12.1 Å². The fourth-order valence-electron chi connectivity index (χ4n) is 4.18. The van der Waals surface area contributed by atoms with Crippen molar-refractivity contribution in [2.75, 3.05) is 19.0 Å². The number of urea groups is 2. The topological polar surface area (TPSA) is 84.7 Å². The first kappa shape index (κ1) is 21.2. The van der Waals surface area contributed by atoms with Crippen molar-refractivity contribution in [2.45, 2.75) is 25.6 Å². The molecule has 0 spiro atoms. The maximum atomic E-state index is 13.7. The van der Waals surface area contributed by atoms with Gasteiger partial charge in [-0.05, 0) is 41.8 Å². The van der Waals surface area contributed by atoms with Gasteiger partial charge in [-0.1, -0.05) is 24.3 Å². The summed E-state index contributed by atoms with van der Waals surface area (Å²) < 4.78 is 13.3. The lowest BCUT2D eigenvalue weighted by Crippen LogP contribution is -2.55. The number of imide groups is 1. The van der Waals surface area contributed by atoms with Gasteiger partial charge in [0, 0.05) is 31.8 Å². The zero-order valence-electron chi connectivity index (χ0n) is 17.7. The summed E-state index contributed by atoms with van der Waals surface area (Å²) in [5.74, 6) is -0.148. The number of carbonyl (C=O) groups excluding carboxylic acids is 3. The average molecular weight is 432 g/mol. The molecule has 0 N–H and O–H groups in total. The zero-order valence-corrected chi connectivity index (χ0v) is 17.7. The number of hydrogen-bond acceptors (Lipinski definition) is 4. The Labute approximate surface area is 184 Å². The van der Waals surface area contributed by atoms with Crippen LogP contribution < -0.4 is 4.90 Å².